The number of aliphatic hydroxyl groups is 3. The van der Waals surface area contributed by atoms with Crippen molar-refractivity contribution in [2.24, 2.45) is 5.92 Å². The van der Waals surface area contributed by atoms with Crippen molar-refractivity contribution < 1.29 is 52.9 Å². The fourth-order valence-corrected chi connectivity index (χ4v) is 6.76. The van der Waals surface area contributed by atoms with Gasteiger partial charge in [-0.25, -0.2) is 4.57 Å². The maximum absolute atomic E-state index is 12.6. The fraction of sp³-hybridized carbons (Fsp3) is 0.783. The highest BCUT2D eigenvalue weighted by molar-refractivity contribution is 7.47. The van der Waals surface area contributed by atoms with E-state index in [4.69, 9.17) is 24.2 Å². The second kappa shape index (κ2) is 41.6. The molecule has 12 heteroatoms. The van der Waals surface area contributed by atoms with Gasteiger partial charge < -0.3 is 29.7 Å². The van der Waals surface area contributed by atoms with Crippen molar-refractivity contribution in [2.45, 2.75) is 193 Å². The third kappa shape index (κ3) is 42.0. The van der Waals surface area contributed by atoms with Crippen LogP contribution in [0.3, 0.4) is 0 Å². The summed E-state index contributed by atoms with van der Waals surface area (Å²) in [4.78, 5) is 35.0. The first-order valence-corrected chi connectivity index (χ1v) is 24.1. The number of ether oxygens (including phenoxy) is 2. The average Bonchev–Trinajstić information content (AvgIpc) is 3.20. The molecule has 0 aromatic heterocycles. The minimum absolute atomic E-state index is 0.156. The molecule has 0 saturated carbocycles. The lowest BCUT2D eigenvalue weighted by atomic mass is 10.0. The molecular formula is C46H83O11P. The van der Waals surface area contributed by atoms with Crippen molar-refractivity contribution in [1.29, 1.82) is 0 Å². The molecule has 11 nitrogen and oxygen atoms in total. The van der Waals surface area contributed by atoms with E-state index < -0.39 is 51.8 Å². The Kier molecular flexibility index (Phi) is 40.1. The molecule has 0 bridgehead atoms. The van der Waals surface area contributed by atoms with E-state index in [0.717, 1.165) is 70.1 Å². The molecule has 0 spiro atoms. The predicted octanol–water partition coefficient (Wildman–Crippen LogP) is 10.9. The maximum Gasteiger partial charge on any atom is 0.472 e. The molecule has 0 aliphatic heterocycles. The summed E-state index contributed by atoms with van der Waals surface area (Å²) < 4.78 is 32.7. The van der Waals surface area contributed by atoms with Crippen molar-refractivity contribution in [1.82, 2.24) is 0 Å². The van der Waals surface area contributed by atoms with Crippen LogP contribution in [0.5, 0.6) is 0 Å². The van der Waals surface area contributed by atoms with Gasteiger partial charge in [-0.05, 0) is 63.7 Å². The number of carbonyl (C=O) groups excluding carboxylic acids is 2. The van der Waals surface area contributed by atoms with Crippen LogP contribution in [-0.4, -0.2) is 77.4 Å². The molecule has 0 fully saturated rings. The van der Waals surface area contributed by atoms with Crippen LogP contribution >= 0.6 is 7.82 Å². The third-order valence-electron chi connectivity index (χ3n) is 9.47. The minimum Gasteiger partial charge on any atom is -0.462 e. The van der Waals surface area contributed by atoms with E-state index >= 15 is 0 Å². The number of hydrogen-bond donors (Lipinski definition) is 4. The second-order valence-corrected chi connectivity index (χ2v) is 17.1. The summed E-state index contributed by atoms with van der Waals surface area (Å²) in [5, 5.41) is 27.1. The number of carbonyl (C=O) groups is 2. The molecule has 0 rings (SSSR count). The van der Waals surface area contributed by atoms with E-state index in [1.165, 1.54) is 70.6 Å². The van der Waals surface area contributed by atoms with Gasteiger partial charge in [-0.1, -0.05) is 159 Å². The van der Waals surface area contributed by atoms with Gasteiger partial charge in [-0.2, -0.15) is 0 Å². The van der Waals surface area contributed by atoms with E-state index in [1.54, 1.807) is 0 Å². The largest absolute Gasteiger partial charge is 0.472 e. The van der Waals surface area contributed by atoms with E-state index in [0.29, 0.717) is 19.3 Å². The van der Waals surface area contributed by atoms with Crippen molar-refractivity contribution in [3.63, 3.8) is 0 Å². The Morgan fingerprint density at radius 2 is 1.00 bits per heavy atom. The van der Waals surface area contributed by atoms with Crippen LogP contribution in [0, 0.1) is 5.92 Å². The molecule has 338 valence electrons. The summed E-state index contributed by atoms with van der Waals surface area (Å²) in [6, 6.07) is 0. The zero-order chi connectivity index (χ0) is 42.8. The molecule has 58 heavy (non-hydrogen) atoms. The first-order valence-electron chi connectivity index (χ1n) is 22.6. The molecule has 0 amide bonds. The zero-order valence-electron chi connectivity index (χ0n) is 36.4. The molecule has 0 heterocycles. The molecule has 0 aliphatic rings. The first kappa shape index (κ1) is 55.9. The number of hydrogen-bond acceptors (Lipinski definition) is 10. The Hall–Kier alpha value is -2.11. The molecule has 0 aromatic carbocycles. The maximum atomic E-state index is 12.6. The summed E-state index contributed by atoms with van der Waals surface area (Å²) >= 11 is 0. The van der Waals surface area contributed by atoms with E-state index in [1.807, 2.05) is 12.2 Å². The monoisotopic (exact) mass is 843 g/mol. The van der Waals surface area contributed by atoms with Gasteiger partial charge in [0.1, 0.15) is 12.7 Å². The predicted molar refractivity (Wildman–Crippen MR) is 234 cm³/mol. The lowest BCUT2D eigenvalue weighted by Gasteiger charge is -2.20. The molecule has 0 aliphatic carbocycles. The average molecular weight is 843 g/mol. The normalized spacial score (nSPS) is 14.3. The molecule has 1 unspecified atom stereocenters. The zero-order valence-corrected chi connectivity index (χ0v) is 37.3. The Bertz CT molecular complexity index is 1120. The van der Waals surface area contributed by atoms with Crippen molar-refractivity contribution in [3.8, 4) is 0 Å². The second-order valence-electron chi connectivity index (χ2n) is 15.6. The van der Waals surface area contributed by atoms with E-state index in [9.17, 15) is 24.2 Å². The van der Waals surface area contributed by atoms with Crippen LogP contribution < -0.4 is 0 Å². The van der Waals surface area contributed by atoms with Gasteiger partial charge >= 0.3 is 19.8 Å². The molecule has 0 aromatic rings. The SMILES string of the molecule is CC(C)CCCCCCCCCCCCCCCCC(=O)O[C@H](COC(=O)CCC/C=C\C/C=C\C/C=C\C/C=C\CCCCCO)COP(=O)(O)OC[C@@H](O)CO. The molecule has 0 saturated heterocycles. The number of unbranched alkanes of at least 4 members (excludes halogenated alkanes) is 17. The fourth-order valence-electron chi connectivity index (χ4n) is 5.97. The summed E-state index contributed by atoms with van der Waals surface area (Å²) in [5.74, 6) is -0.186. The molecule has 3 atom stereocenters. The number of aliphatic hydroxyl groups excluding tert-OH is 3. The highest BCUT2D eigenvalue weighted by atomic mass is 31.2. The van der Waals surface area contributed by atoms with E-state index in [2.05, 4.69) is 54.8 Å². The Labute approximate surface area is 352 Å². The van der Waals surface area contributed by atoms with Gasteiger partial charge in [-0.15, -0.1) is 0 Å². The topological polar surface area (TPSA) is 169 Å². The molecular weight excluding hydrogens is 759 g/mol. The first-order chi connectivity index (χ1) is 28.1. The van der Waals surface area contributed by atoms with Crippen LogP contribution in [-0.2, 0) is 32.7 Å². The summed E-state index contributed by atoms with van der Waals surface area (Å²) in [7, 11) is -4.64. The smallest absolute Gasteiger partial charge is 0.462 e. The Morgan fingerprint density at radius 3 is 1.52 bits per heavy atom. The van der Waals surface area contributed by atoms with Gasteiger partial charge in [0.15, 0.2) is 6.10 Å². The highest BCUT2D eigenvalue weighted by Crippen LogP contribution is 2.43. The van der Waals surface area contributed by atoms with Gasteiger partial charge in [-0.3, -0.25) is 18.6 Å². The summed E-state index contributed by atoms with van der Waals surface area (Å²) in [6.45, 7) is 2.66. The highest BCUT2D eigenvalue weighted by Gasteiger charge is 2.27. The Morgan fingerprint density at radius 1 is 0.552 bits per heavy atom. The summed E-state index contributed by atoms with van der Waals surface area (Å²) in [6.07, 6.45) is 41.0. The van der Waals surface area contributed by atoms with Gasteiger partial charge in [0.25, 0.3) is 0 Å². The van der Waals surface area contributed by atoms with Gasteiger partial charge in [0.2, 0.25) is 0 Å². The van der Waals surface area contributed by atoms with Gasteiger partial charge in [0, 0.05) is 19.4 Å². The standard InChI is InChI=1S/C46H83O11P/c1-42(2)34-30-26-22-18-14-10-7-8-12-16-20-24-28-32-36-46(51)57-44(41-56-58(52,53)55-39-43(49)38-48)40-54-45(50)35-31-27-23-19-15-11-6-4-3-5-9-13-17-21-25-29-33-37-47/h3,5-6,11,13,17,19,23,42-44,47-49H,4,7-10,12,14-16,18,20-22,24-41H2,1-2H3,(H,52,53)/b5-3-,11-6-,17-13-,23-19-/t43-,44+/m0/s1. The van der Waals surface area contributed by atoms with Crippen molar-refractivity contribution >= 4 is 19.8 Å². The van der Waals surface area contributed by atoms with Crippen LogP contribution in [0.1, 0.15) is 181 Å². The minimum atomic E-state index is -4.64. The van der Waals surface area contributed by atoms with Crippen LogP contribution in [0.2, 0.25) is 0 Å². The lowest BCUT2D eigenvalue weighted by Crippen LogP contribution is -2.29. The van der Waals surface area contributed by atoms with Crippen molar-refractivity contribution in [2.75, 3.05) is 33.0 Å². The number of rotatable bonds is 42. The number of esters is 2. The van der Waals surface area contributed by atoms with Crippen LogP contribution in [0.25, 0.3) is 0 Å². The van der Waals surface area contributed by atoms with Crippen LogP contribution in [0.15, 0.2) is 48.6 Å². The van der Waals surface area contributed by atoms with Crippen molar-refractivity contribution in [3.05, 3.63) is 48.6 Å². The quantitative estimate of drug-likeness (QED) is 0.0200. The molecule has 0 radical (unpaired) electrons. The number of allylic oxidation sites excluding steroid dienone is 8. The van der Waals surface area contributed by atoms with Gasteiger partial charge in [0.05, 0.1) is 19.8 Å². The lowest BCUT2D eigenvalue weighted by molar-refractivity contribution is -0.161. The van der Waals surface area contributed by atoms with E-state index in [-0.39, 0.29) is 26.1 Å². The Balaban J connectivity index is 4.35. The van der Waals surface area contributed by atoms with Crippen LogP contribution in [0.4, 0.5) is 0 Å². The molecule has 4 N–H and O–H groups in total. The third-order valence-corrected chi connectivity index (χ3v) is 10.4. The summed E-state index contributed by atoms with van der Waals surface area (Å²) in [5.41, 5.74) is 0. The number of phosphoric acid groups is 1. The number of phosphoric ester groups is 1.